The maximum absolute atomic E-state index is 6.21. The Kier molecular flexibility index (Phi) is 4.72. The Bertz CT molecular complexity index is 586. The predicted octanol–water partition coefficient (Wildman–Crippen LogP) is 5.03. The molecule has 100 valence electrons. The summed E-state index contributed by atoms with van der Waals surface area (Å²) < 4.78 is 6.36. The maximum Gasteiger partial charge on any atom is 0.125 e. The van der Waals surface area contributed by atoms with E-state index in [9.17, 15) is 0 Å². The van der Waals surface area contributed by atoms with Crippen LogP contribution in [-0.4, -0.2) is 7.11 Å². The van der Waals surface area contributed by atoms with Gasteiger partial charge in [-0.25, -0.2) is 0 Å². The average molecular weight is 341 g/mol. The summed E-state index contributed by atoms with van der Waals surface area (Å²) in [5, 5.41) is 4.08. The van der Waals surface area contributed by atoms with Gasteiger partial charge in [-0.15, -0.1) is 0 Å². The van der Waals surface area contributed by atoms with E-state index in [4.69, 9.17) is 16.3 Å². The van der Waals surface area contributed by atoms with Crippen molar-refractivity contribution in [3.8, 4) is 5.75 Å². The number of halogens is 2. The minimum Gasteiger partial charge on any atom is -0.496 e. The molecule has 4 heteroatoms. The second-order valence-corrected chi connectivity index (χ2v) is 5.52. The van der Waals surface area contributed by atoms with E-state index in [1.165, 1.54) is 5.56 Å². The molecule has 0 aliphatic carbocycles. The highest BCUT2D eigenvalue weighted by molar-refractivity contribution is 9.10. The van der Waals surface area contributed by atoms with Crippen LogP contribution in [-0.2, 0) is 6.54 Å². The van der Waals surface area contributed by atoms with Crippen molar-refractivity contribution in [1.82, 2.24) is 0 Å². The van der Waals surface area contributed by atoms with E-state index >= 15 is 0 Å². The topological polar surface area (TPSA) is 21.3 Å². The molecule has 0 aliphatic rings. The van der Waals surface area contributed by atoms with Gasteiger partial charge in [0.05, 0.1) is 7.11 Å². The van der Waals surface area contributed by atoms with E-state index in [1.54, 1.807) is 7.11 Å². The van der Waals surface area contributed by atoms with Crippen LogP contribution in [0, 0.1) is 6.92 Å². The zero-order chi connectivity index (χ0) is 13.8. The van der Waals surface area contributed by atoms with Crippen LogP contribution < -0.4 is 10.1 Å². The van der Waals surface area contributed by atoms with Crippen molar-refractivity contribution < 1.29 is 4.74 Å². The van der Waals surface area contributed by atoms with Gasteiger partial charge in [0.2, 0.25) is 0 Å². The molecule has 19 heavy (non-hydrogen) atoms. The summed E-state index contributed by atoms with van der Waals surface area (Å²) in [5.74, 6) is 0.795. The molecule has 0 aromatic heterocycles. The first-order valence-electron chi connectivity index (χ1n) is 5.93. The fourth-order valence-electron chi connectivity index (χ4n) is 1.86. The van der Waals surface area contributed by atoms with Gasteiger partial charge in [0.15, 0.2) is 0 Å². The van der Waals surface area contributed by atoms with E-state index < -0.39 is 0 Å². The molecular formula is C15H15BrClNO. The average Bonchev–Trinajstić information content (AvgIpc) is 2.40. The van der Waals surface area contributed by atoms with Crippen molar-refractivity contribution in [2.45, 2.75) is 13.5 Å². The van der Waals surface area contributed by atoms with Crippen LogP contribution in [0.5, 0.6) is 5.75 Å². The molecule has 0 amide bonds. The number of benzene rings is 2. The van der Waals surface area contributed by atoms with Crippen molar-refractivity contribution >= 4 is 33.2 Å². The number of hydrogen-bond acceptors (Lipinski definition) is 2. The van der Waals surface area contributed by atoms with Gasteiger partial charge in [0.25, 0.3) is 0 Å². The first kappa shape index (κ1) is 14.2. The summed E-state index contributed by atoms with van der Waals surface area (Å²) in [6.07, 6.45) is 0. The van der Waals surface area contributed by atoms with Gasteiger partial charge in [-0.3, -0.25) is 0 Å². The number of anilines is 1. The molecule has 1 N–H and O–H groups in total. The zero-order valence-electron chi connectivity index (χ0n) is 10.8. The Labute approximate surface area is 126 Å². The lowest BCUT2D eigenvalue weighted by atomic mass is 10.1. The maximum atomic E-state index is 6.21. The second-order valence-electron chi connectivity index (χ2n) is 4.26. The Morgan fingerprint density at radius 1 is 1.26 bits per heavy atom. The molecule has 0 heterocycles. The van der Waals surface area contributed by atoms with Gasteiger partial charge >= 0.3 is 0 Å². The standard InChI is InChI=1S/C15H15BrClNO/c1-10-6-7-12(16)14(8-10)18-9-11-13(17)4-3-5-15(11)19-2/h3-8,18H,9H2,1-2H3. The number of hydrogen-bond donors (Lipinski definition) is 1. The molecule has 2 rings (SSSR count). The summed E-state index contributed by atoms with van der Waals surface area (Å²) in [5.41, 5.74) is 3.21. The number of rotatable bonds is 4. The van der Waals surface area contributed by atoms with E-state index in [1.807, 2.05) is 24.3 Å². The first-order valence-corrected chi connectivity index (χ1v) is 7.10. The molecule has 0 bridgehead atoms. The van der Waals surface area contributed by atoms with Crippen molar-refractivity contribution in [3.63, 3.8) is 0 Å². The molecule has 2 aromatic carbocycles. The Balaban J connectivity index is 2.21. The Morgan fingerprint density at radius 2 is 2.05 bits per heavy atom. The van der Waals surface area contributed by atoms with E-state index in [2.05, 4.69) is 40.3 Å². The second kappa shape index (κ2) is 6.31. The molecule has 0 fully saturated rings. The number of aryl methyl sites for hydroxylation is 1. The highest BCUT2D eigenvalue weighted by Crippen LogP contribution is 2.29. The first-order chi connectivity index (χ1) is 9.11. The normalized spacial score (nSPS) is 10.3. The molecule has 0 atom stereocenters. The van der Waals surface area contributed by atoms with E-state index in [0.717, 1.165) is 21.5 Å². The quantitative estimate of drug-likeness (QED) is 0.842. The number of nitrogens with one attached hydrogen (secondary N) is 1. The summed E-state index contributed by atoms with van der Waals surface area (Å²) in [7, 11) is 1.65. The molecule has 2 aromatic rings. The van der Waals surface area contributed by atoms with Crippen molar-refractivity contribution in [2.75, 3.05) is 12.4 Å². The summed E-state index contributed by atoms with van der Waals surface area (Å²) in [6, 6.07) is 11.8. The van der Waals surface area contributed by atoms with Crippen LogP contribution in [0.4, 0.5) is 5.69 Å². The monoisotopic (exact) mass is 339 g/mol. The molecular weight excluding hydrogens is 326 g/mol. The minimum atomic E-state index is 0.616. The third-order valence-electron chi connectivity index (χ3n) is 2.87. The van der Waals surface area contributed by atoms with Crippen molar-refractivity contribution in [2.24, 2.45) is 0 Å². The molecule has 2 nitrogen and oxygen atoms in total. The highest BCUT2D eigenvalue weighted by atomic mass is 79.9. The highest BCUT2D eigenvalue weighted by Gasteiger charge is 2.08. The van der Waals surface area contributed by atoms with Crippen LogP contribution in [0.2, 0.25) is 5.02 Å². The summed E-state index contributed by atoms with van der Waals surface area (Å²) in [4.78, 5) is 0. The zero-order valence-corrected chi connectivity index (χ0v) is 13.2. The van der Waals surface area contributed by atoms with E-state index in [-0.39, 0.29) is 0 Å². The van der Waals surface area contributed by atoms with Gasteiger partial charge in [0, 0.05) is 27.3 Å². The van der Waals surface area contributed by atoms with Crippen molar-refractivity contribution in [1.29, 1.82) is 0 Å². The van der Waals surface area contributed by atoms with Gasteiger partial charge in [-0.2, -0.15) is 0 Å². The fourth-order valence-corrected chi connectivity index (χ4v) is 2.48. The SMILES string of the molecule is COc1cccc(Cl)c1CNc1cc(C)ccc1Br. The third-order valence-corrected chi connectivity index (χ3v) is 3.92. The molecule has 0 saturated heterocycles. The predicted molar refractivity (Wildman–Crippen MR) is 84.2 cm³/mol. The lowest BCUT2D eigenvalue weighted by Crippen LogP contribution is -2.03. The third kappa shape index (κ3) is 3.43. The summed E-state index contributed by atoms with van der Waals surface area (Å²) >= 11 is 9.75. The Hall–Kier alpha value is -1.19. The van der Waals surface area contributed by atoms with Crippen LogP contribution in [0.1, 0.15) is 11.1 Å². The van der Waals surface area contributed by atoms with Crippen LogP contribution >= 0.6 is 27.5 Å². The van der Waals surface area contributed by atoms with E-state index in [0.29, 0.717) is 11.6 Å². The van der Waals surface area contributed by atoms with Gasteiger partial charge in [0.1, 0.15) is 5.75 Å². The number of ether oxygens (including phenoxy) is 1. The molecule has 0 aliphatic heterocycles. The molecule has 0 radical (unpaired) electrons. The minimum absolute atomic E-state index is 0.616. The van der Waals surface area contributed by atoms with Gasteiger partial charge < -0.3 is 10.1 Å². The molecule has 0 unspecified atom stereocenters. The fraction of sp³-hybridized carbons (Fsp3) is 0.200. The van der Waals surface area contributed by atoms with Crippen LogP contribution in [0.3, 0.4) is 0 Å². The molecule has 0 saturated carbocycles. The lowest BCUT2D eigenvalue weighted by Gasteiger charge is -2.13. The largest absolute Gasteiger partial charge is 0.496 e. The van der Waals surface area contributed by atoms with Gasteiger partial charge in [-0.1, -0.05) is 23.7 Å². The van der Waals surface area contributed by atoms with Gasteiger partial charge in [-0.05, 0) is 52.7 Å². The van der Waals surface area contributed by atoms with Crippen LogP contribution in [0.25, 0.3) is 0 Å². The number of methoxy groups -OCH3 is 1. The smallest absolute Gasteiger partial charge is 0.125 e. The lowest BCUT2D eigenvalue weighted by molar-refractivity contribution is 0.410. The summed E-state index contributed by atoms with van der Waals surface area (Å²) in [6.45, 7) is 2.68. The van der Waals surface area contributed by atoms with Crippen molar-refractivity contribution in [3.05, 3.63) is 57.0 Å². The molecule has 0 spiro atoms. The Morgan fingerprint density at radius 3 is 2.79 bits per heavy atom. The van der Waals surface area contributed by atoms with Crippen LogP contribution in [0.15, 0.2) is 40.9 Å².